The molecule has 1 aliphatic heterocycles. The molecule has 0 amide bonds. The number of nitrogens with zero attached hydrogens (tertiary/aromatic N) is 4. The third-order valence-corrected chi connectivity index (χ3v) is 5.05. The van der Waals surface area contributed by atoms with Crippen molar-refractivity contribution in [1.82, 2.24) is 25.7 Å². The Kier molecular flexibility index (Phi) is 7.89. The minimum atomic E-state index is 0.328. The molecule has 0 saturated carbocycles. The summed E-state index contributed by atoms with van der Waals surface area (Å²) in [4.78, 5) is 11.6. The lowest BCUT2D eigenvalue weighted by Gasteiger charge is -2.33. The summed E-state index contributed by atoms with van der Waals surface area (Å²) in [6, 6.07) is 7.84. The SMILES string of the molecule is CCNC(=NCc1nc(-c2cccc(Cl)c2)no1)NC1CCN(CC(C)C)CC1. The maximum absolute atomic E-state index is 6.04. The van der Waals surface area contributed by atoms with Crippen molar-refractivity contribution < 1.29 is 4.52 Å². The van der Waals surface area contributed by atoms with Gasteiger partial charge in [-0.2, -0.15) is 4.98 Å². The Labute approximate surface area is 177 Å². The zero-order valence-electron chi connectivity index (χ0n) is 17.5. The molecule has 1 fully saturated rings. The quantitative estimate of drug-likeness (QED) is 0.528. The highest BCUT2D eigenvalue weighted by Crippen LogP contribution is 2.20. The second kappa shape index (κ2) is 10.6. The monoisotopic (exact) mass is 418 g/mol. The highest BCUT2D eigenvalue weighted by Gasteiger charge is 2.20. The molecule has 3 rings (SSSR count). The Bertz CT molecular complexity index is 798. The molecule has 158 valence electrons. The van der Waals surface area contributed by atoms with Crippen molar-refractivity contribution in [3.63, 3.8) is 0 Å². The second-order valence-corrected chi connectivity index (χ2v) is 8.27. The molecule has 8 heteroatoms. The standard InChI is InChI=1S/C21H31ClN6O/c1-4-23-21(25-18-8-10-28(11-9-18)14-15(2)3)24-13-19-26-20(27-29-19)16-6-5-7-17(22)12-16/h5-7,12,15,18H,4,8-11,13-14H2,1-3H3,(H2,23,24,25). The number of benzene rings is 1. The third-order valence-electron chi connectivity index (χ3n) is 4.82. The number of hydrogen-bond donors (Lipinski definition) is 2. The van der Waals surface area contributed by atoms with Crippen molar-refractivity contribution in [2.75, 3.05) is 26.2 Å². The van der Waals surface area contributed by atoms with Crippen molar-refractivity contribution in [3.8, 4) is 11.4 Å². The van der Waals surface area contributed by atoms with Crippen molar-refractivity contribution in [2.24, 2.45) is 10.9 Å². The van der Waals surface area contributed by atoms with Gasteiger partial charge >= 0.3 is 0 Å². The summed E-state index contributed by atoms with van der Waals surface area (Å²) in [7, 11) is 0. The van der Waals surface area contributed by atoms with Gasteiger partial charge in [-0.1, -0.05) is 42.7 Å². The molecule has 0 bridgehead atoms. The maximum Gasteiger partial charge on any atom is 0.248 e. The number of likely N-dealkylation sites (tertiary alicyclic amines) is 1. The van der Waals surface area contributed by atoms with Crippen molar-refractivity contribution in [3.05, 3.63) is 35.2 Å². The molecule has 0 spiro atoms. The van der Waals surface area contributed by atoms with Gasteiger partial charge in [0.2, 0.25) is 11.7 Å². The van der Waals surface area contributed by atoms with Crippen molar-refractivity contribution in [1.29, 1.82) is 0 Å². The summed E-state index contributed by atoms with van der Waals surface area (Å²) >= 11 is 6.04. The topological polar surface area (TPSA) is 78.6 Å². The highest BCUT2D eigenvalue weighted by molar-refractivity contribution is 6.30. The molecule has 1 aromatic carbocycles. The molecule has 2 heterocycles. The first kappa shape index (κ1) is 21.6. The van der Waals surface area contributed by atoms with Crippen LogP contribution in [-0.4, -0.2) is 53.2 Å². The molecule has 0 radical (unpaired) electrons. The van der Waals surface area contributed by atoms with Crippen LogP contribution in [0, 0.1) is 5.92 Å². The van der Waals surface area contributed by atoms with E-state index >= 15 is 0 Å². The molecular formula is C21H31ClN6O. The van der Waals surface area contributed by atoms with Crippen molar-refractivity contribution in [2.45, 2.75) is 46.2 Å². The first-order valence-electron chi connectivity index (χ1n) is 10.4. The van der Waals surface area contributed by atoms with E-state index in [4.69, 9.17) is 16.1 Å². The Morgan fingerprint density at radius 1 is 1.34 bits per heavy atom. The first-order valence-corrected chi connectivity index (χ1v) is 10.8. The number of aliphatic imine (C=N–C) groups is 1. The van der Waals surface area contributed by atoms with Crippen LogP contribution in [0.4, 0.5) is 0 Å². The van der Waals surface area contributed by atoms with E-state index in [1.807, 2.05) is 24.3 Å². The third kappa shape index (κ3) is 6.72. The normalized spacial score (nSPS) is 16.4. The van der Waals surface area contributed by atoms with E-state index in [1.165, 1.54) is 6.54 Å². The second-order valence-electron chi connectivity index (χ2n) is 7.83. The lowest BCUT2D eigenvalue weighted by molar-refractivity contribution is 0.187. The predicted octanol–water partition coefficient (Wildman–Crippen LogP) is 3.57. The molecule has 1 aliphatic rings. The average molecular weight is 419 g/mol. The Morgan fingerprint density at radius 3 is 2.83 bits per heavy atom. The first-order chi connectivity index (χ1) is 14.0. The summed E-state index contributed by atoms with van der Waals surface area (Å²) in [5, 5.41) is 11.5. The molecule has 0 atom stereocenters. The molecule has 1 saturated heterocycles. The van der Waals surface area contributed by atoms with Gasteiger partial charge in [0, 0.05) is 42.8 Å². The Hall–Kier alpha value is -2.12. The number of guanidine groups is 1. The Morgan fingerprint density at radius 2 is 2.14 bits per heavy atom. The predicted molar refractivity (Wildman–Crippen MR) is 117 cm³/mol. The van der Waals surface area contributed by atoms with Crippen LogP contribution in [0.25, 0.3) is 11.4 Å². The van der Waals surface area contributed by atoms with Crippen LogP contribution in [0.3, 0.4) is 0 Å². The lowest BCUT2D eigenvalue weighted by atomic mass is 10.0. The van der Waals surface area contributed by atoms with Crippen LogP contribution in [-0.2, 0) is 6.54 Å². The average Bonchev–Trinajstić information content (AvgIpc) is 3.16. The number of hydrogen-bond acceptors (Lipinski definition) is 5. The number of halogens is 1. The van der Waals surface area contributed by atoms with Gasteiger partial charge in [0.05, 0.1) is 0 Å². The number of rotatable bonds is 7. The molecule has 7 nitrogen and oxygen atoms in total. The van der Waals surface area contributed by atoms with Gasteiger partial charge in [-0.05, 0) is 37.8 Å². The minimum absolute atomic E-state index is 0.328. The molecule has 0 unspecified atom stereocenters. The van der Waals surface area contributed by atoms with Crippen LogP contribution in [0.1, 0.15) is 39.5 Å². The van der Waals surface area contributed by atoms with Gasteiger partial charge in [0.15, 0.2) is 5.96 Å². The van der Waals surface area contributed by atoms with E-state index in [0.29, 0.717) is 35.2 Å². The van der Waals surface area contributed by atoms with E-state index in [9.17, 15) is 0 Å². The van der Waals surface area contributed by atoms with Gasteiger partial charge in [0.25, 0.3) is 0 Å². The summed E-state index contributed by atoms with van der Waals surface area (Å²) in [6.45, 7) is 11.2. The van der Waals surface area contributed by atoms with Gasteiger partial charge in [-0.3, -0.25) is 0 Å². The van der Waals surface area contributed by atoms with E-state index < -0.39 is 0 Å². The molecule has 2 N–H and O–H groups in total. The summed E-state index contributed by atoms with van der Waals surface area (Å²) < 4.78 is 5.35. The fourth-order valence-corrected chi connectivity index (χ4v) is 3.69. The molecule has 0 aliphatic carbocycles. The fraction of sp³-hybridized carbons (Fsp3) is 0.571. The summed E-state index contributed by atoms with van der Waals surface area (Å²) in [6.07, 6.45) is 2.24. The maximum atomic E-state index is 6.04. The van der Waals surface area contributed by atoms with Crippen LogP contribution >= 0.6 is 11.6 Å². The Balaban J connectivity index is 1.56. The zero-order valence-corrected chi connectivity index (χ0v) is 18.2. The van der Waals surface area contributed by atoms with E-state index in [-0.39, 0.29) is 0 Å². The number of aromatic nitrogens is 2. The number of nitrogens with one attached hydrogen (secondary N) is 2. The zero-order chi connectivity index (χ0) is 20.6. The van der Waals surface area contributed by atoms with Gasteiger partial charge in [-0.15, -0.1) is 0 Å². The minimum Gasteiger partial charge on any atom is -0.357 e. The van der Waals surface area contributed by atoms with E-state index in [2.05, 4.69) is 51.4 Å². The van der Waals surface area contributed by atoms with Crippen molar-refractivity contribution >= 4 is 17.6 Å². The molecule has 1 aromatic heterocycles. The lowest BCUT2D eigenvalue weighted by Crippen LogP contribution is -2.49. The van der Waals surface area contributed by atoms with Crippen LogP contribution in [0.15, 0.2) is 33.8 Å². The van der Waals surface area contributed by atoms with Crippen LogP contribution < -0.4 is 10.6 Å². The van der Waals surface area contributed by atoms with Crippen LogP contribution in [0.5, 0.6) is 0 Å². The van der Waals surface area contributed by atoms with Crippen LogP contribution in [0.2, 0.25) is 5.02 Å². The summed E-state index contributed by atoms with van der Waals surface area (Å²) in [5.41, 5.74) is 0.828. The van der Waals surface area contributed by atoms with Gasteiger partial charge in [-0.25, -0.2) is 4.99 Å². The smallest absolute Gasteiger partial charge is 0.248 e. The van der Waals surface area contributed by atoms with Gasteiger partial charge in [0.1, 0.15) is 6.54 Å². The summed E-state index contributed by atoms with van der Waals surface area (Å²) in [5.74, 6) is 2.50. The van der Waals surface area contributed by atoms with Gasteiger partial charge < -0.3 is 20.1 Å². The van der Waals surface area contributed by atoms with E-state index in [1.54, 1.807) is 0 Å². The highest BCUT2D eigenvalue weighted by atomic mass is 35.5. The molecular weight excluding hydrogens is 388 g/mol. The largest absolute Gasteiger partial charge is 0.357 e. The number of piperidine rings is 1. The molecule has 29 heavy (non-hydrogen) atoms. The van der Waals surface area contributed by atoms with E-state index in [0.717, 1.165) is 44.0 Å². The molecule has 2 aromatic rings. The fourth-order valence-electron chi connectivity index (χ4n) is 3.50.